The number of aliphatic carboxylic acids is 1. The Labute approximate surface area is 216 Å². The standard InChI is InChI=1S/C23H31ClN4O5.Li/c24-16-2-1-3-17(14-16)25-22(33)27-10-5-20(30)28(13-12-27)18(21(31)32)4-9-26-11-8-23(6-7-23)19(29)15-26;/h1-3,14,18-19,29H,4-13,15H2,(H,25,33)(H,31,32);/q;+1/p-1/t18-,19-;/m1./s1. The zero-order valence-electron chi connectivity index (χ0n) is 19.5. The minimum Gasteiger partial charge on any atom is -0.548 e. The second-order valence-electron chi connectivity index (χ2n) is 9.32. The second kappa shape index (κ2) is 11.3. The second-order valence-corrected chi connectivity index (χ2v) is 9.75. The molecule has 11 heteroatoms. The molecule has 1 saturated carbocycles. The number of halogens is 1. The number of carboxylic acids is 1. The largest absolute Gasteiger partial charge is 1.00 e. The van der Waals surface area contributed by atoms with E-state index in [4.69, 9.17) is 11.6 Å². The Bertz CT molecular complexity index is 915. The number of β-amino-alcohol motifs (C(OH)–C–C–N with tert-alkyl or cyclic N) is 1. The van der Waals surface area contributed by atoms with Gasteiger partial charge in [0.05, 0.1) is 18.1 Å². The van der Waals surface area contributed by atoms with E-state index in [0.717, 1.165) is 25.8 Å². The fourth-order valence-corrected chi connectivity index (χ4v) is 5.06. The van der Waals surface area contributed by atoms with E-state index in [-0.39, 0.29) is 74.8 Å². The summed E-state index contributed by atoms with van der Waals surface area (Å²) in [6.45, 7) is 2.35. The van der Waals surface area contributed by atoms with Gasteiger partial charge in [-0.3, -0.25) is 4.79 Å². The maximum Gasteiger partial charge on any atom is 1.00 e. The first-order chi connectivity index (χ1) is 15.8. The minimum absolute atomic E-state index is 0. The van der Waals surface area contributed by atoms with Gasteiger partial charge in [0.25, 0.3) is 0 Å². The number of carboxylic acid groups (broad SMARTS) is 1. The summed E-state index contributed by atoms with van der Waals surface area (Å²) in [5.41, 5.74) is 0.629. The Morgan fingerprint density at radius 3 is 2.62 bits per heavy atom. The van der Waals surface area contributed by atoms with Crippen molar-refractivity contribution in [2.45, 2.75) is 44.2 Å². The molecule has 0 bridgehead atoms. The molecular weight excluding hydrogens is 455 g/mol. The van der Waals surface area contributed by atoms with Gasteiger partial charge in [0.2, 0.25) is 5.91 Å². The molecule has 1 spiro atoms. The number of anilines is 1. The number of aliphatic hydroxyl groups is 1. The van der Waals surface area contributed by atoms with Crippen molar-refractivity contribution in [2.75, 3.05) is 44.6 Å². The molecule has 3 amide bonds. The van der Waals surface area contributed by atoms with E-state index in [2.05, 4.69) is 10.2 Å². The van der Waals surface area contributed by atoms with Crippen LogP contribution in [0, 0.1) is 5.41 Å². The van der Waals surface area contributed by atoms with Crippen LogP contribution in [0.1, 0.15) is 32.1 Å². The van der Waals surface area contributed by atoms with Crippen LogP contribution < -0.4 is 29.3 Å². The van der Waals surface area contributed by atoms with Crippen LogP contribution in [-0.2, 0) is 9.59 Å². The molecule has 9 nitrogen and oxygen atoms in total. The molecule has 1 aromatic carbocycles. The third-order valence-electron chi connectivity index (χ3n) is 7.21. The quantitative estimate of drug-likeness (QED) is 0.441. The summed E-state index contributed by atoms with van der Waals surface area (Å²) in [5, 5.41) is 25.6. The van der Waals surface area contributed by atoms with Gasteiger partial charge in [-0.25, -0.2) is 4.79 Å². The molecule has 34 heavy (non-hydrogen) atoms. The fraction of sp³-hybridized carbons (Fsp3) is 0.609. The van der Waals surface area contributed by atoms with Crippen molar-refractivity contribution in [3.8, 4) is 0 Å². The van der Waals surface area contributed by atoms with Crippen LogP contribution in [0.4, 0.5) is 10.5 Å². The number of aliphatic hydroxyl groups excluding tert-OH is 1. The van der Waals surface area contributed by atoms with Gasteiger partial charge in [-0.05, 0) is 55.8 Å². The Balaban J connectivity index is 0.00000324. The Hall–Kier alpha value is -1.76. The molecule has 2 heterocycles. The number of hydrogen-bond donors (Lipinski definition) is 2. The molecule has 2 saturated heterocycles. The predicted molar refractivity (Wildman–Crippen MR) is 121 cm³/mol. The number of carbonyl (C=O) groups is 3. The maximum absolute atomic E-state index is 12.7. The predicted octanol–water partition coefficient (Wildman–Crippen LogP) is -2.23. The first-order valence-electron chi connectivity index (χ1n) is 11.5. The molecule has 4 rings (SSSR count). The molecule has 0 unspecified atom stereocenters. The number of nitrogens with one attached hydrogen (secondary N) is 1. The van der Waals surface area contributed by atoms with Gasteiger partial charge in [0.15, 0.2) is 0 Å². The van der Waals surface area contributed by atoms with E-state index in [1.807, 2.05) is 0 Å². The van der Waals surface area contributed by atoms with Gasteiger partial charge in [-0.15, -0.1) is 0 Å². The first-order valence-corrected chi connectivity index (χ1v) is 11.9. The molecule has 180 valence electrons. The van der Waals surface area contributed by atoms with Crippen molar-refractivity contribution >= 4 is 35.2 Å². The van der Waals surface area contributed by atoms with E-state index in [1.165, 1.54) is 9.80 Å². The van der Waals surface area contributed by atoms with Gasteiger partial charge in [-0.2, -0.15) is 0 Å². The van der Waals surface area contributed by atoms with Crippen molar-refractivity contribution in [1.29, 1.82) is 0 Å². The molecule has 0 radical (unpaired) electrons. The Kier molecular flexibility index (Phi) is 8.93. The van der Waals surface area contributed by atoms with Crippen LogP contribution in [0.2, 0.25) is 5.02 Å². The van der Waals surface area contributed by atoms with Crippen LogP contribution in [0.5, 0.6) is 0 Å². The molecule has 2 N–H and O–H groups in total. The van der Waals surface area contributed by atoms with Crippen molar-refractivity contribution < 1.29 is 43.5 Å². The third-order valence-corrected chi connectivity index (χ3v) is 7.45. The summed E-state index contributed by atoms with van der Waals surface area (Å²) >= 11 is 5.96. The van der Waals surface area contributed by atoms with Gasteiger partial charge in [0.1, 0.15) is 0 Å². The van der Waals surface area contributed by atoms with Crippen molar-refractivity contribution in [2.24, 2.45) is 5.41 Å². The number of amides is 3. The fourth-order valence-electron chi connectivity index (χ4n) is 4.87. The normalized spacial score (nSPS) is 23.1. The minimum atomic E-state index is -1.29. The van der Waals surface area contributed by atoms with E-state index in [0.29, 0.717) is 23.8 Å². The van der Waals surface area contributed by atoms with Crippen LogP contribution in [0.25, 0.3) is 0 Å². The van der Waals surface area contributed by atoms with Gasteiger partial charge < -0.3 is 35.0 Å². The molecule has 0 aromatic heterocycles. The van der Waals surface area contributed by atoms with E-state index in [9.17, 15) is 24.6 Å². The average molecular weight is 485 g/mol. The van der Waals surface area contributed by atoms with E-state index < -0.39 is 12.0 Å². The summed E-state index contributed by atoms with van der Waals surface area (Å²) in [6.07, 6.45) is 2.93. The molecule has 2 atom stereocenters. The van der Waals surface area contributed by atoms with Gasteiger partial charge in [0, 0.05) is 49.9 Å². The summed E-state index contributed by atoms with van der Waals surface area (Å²) < 4.78 is 0. The van der Waals surface area contributed by atoms with E-state index in [1.54, 1.807) is 24.3 Å². The zero-order valence-corrected chi connectivity index (χ0v) is 20.3. The summed E-state index contributed by atoms with van der Waals surface area (Å²) in [5.74, 6) is -1.60. The first kappa shape index (κ1) is 26.8. The molecule has 1 aliphatic carbocycles. The Morgan fingerprint density at radius 1 is 1.21 bits per heavy atom. The van der Waals surface area contributed by atoms with E-state index >= 15 is 0 Å². The average Bonchev–Trinajstić information content (AvgIpc) is 3.57. The SMILES string of the molecule is O=C([O-])[C@@H](CCN1CCC2(CC2)[C@H](O)C1)N1CCN(C(=O)Nc2cccc(Cl)c2)CCC1=O.[Li+]. The number of rotatable bonds is 6. The summed E-state index contributed by atoms with van der Waals surface area (Å²) in [4.78, 5) is 42.2. The number of nitrogens with zero attached hydrogens (tertiary/aromatic N) is 3. The number of piperidine rings is 1. The smallest absolute Gasteiger partial charge is 0.548 e. The molecule has 3 aliphatic rings. The van der Waals surface area contributed by atoms with Crippen LogP contribution in [-0.4, -0.2) is 89.1 Å². The van der Waals surface area contributed by atoms with Gasteiger partial charge >= 0.3 is 24.9 Å². The van der Waals surface area contributed by atoms with Crippen molar-refractivity contribution in [1.82, 2.24) is 14.7 Å². The van der Waals surface area contributed by atoms with Crippen LogP contribution in [0.15, 0.2) is 24.3 Å². The number of urea groups is 1. The van der Waals surface area contributed by atoms with Gasteiger partial charge in [-0.1, -0.05) is 17.7 Å². The third kappa shape index (κ3) is 6.26. The van der Waals surface area contributed by atoms with Crippen molar-refractivity contribution in [3.63, 3.8) is 0 Å². The molecular formula is C23H30ClLiN4O5. The topological polar surface area (TPSA) is 116 Å². The number of hydrogen-bond acceptors (Lipinski definition) is 6. The molecule has 2 aliphatic heterocycles. The summed E-state index contributed by atoms with van der Waals surface area (Å²) in [7, 11) is 0. The monoisotopic (exact) mass is 484 g/mol. The number of likely N-dealkylation sites (tertiary alicyclic amines) is 1. The number of benzene rings is 1. The van der Waals surface area contributed by atoms with Crippen LogP contribution in [0.3, 0.4) is 0 Å². The molecule has 1 aromatic rings. The zero-order chi connectivity index (χ0) is 23.6. The van der Waals surface area contributed by atoms with Crippen molar-refractivity contribution in [3.05, 3.63) is 29.3 Å². The molecule has 3 fully saturated rings. The number of carbonyl (C=O) groups excluding carboxylic acids is 3. The Morgan fingerprint density at radius 2 is 1.97 bits per heavy atom. The van der Waals surface area contributed by atoms with Crippen LogP contribution >= 0.6 is 11.6 Å². The maximum atomic E-state index is 12.7. The summed E-state index contributed by atoms with van der Waals surface area (Å²) in [6, 6.07) is 5.34.